The van der Waals surface area contributed by atoms with E-state index in [4.69, 9.17) is 0 Å². The summed E-state index contributed by atoms with van der Waals surface area (Å²) >= 11 is 0. The molecule has 0 spiro atoms. The highest BCUT2D eigenvalue weighted by molar-refractivity contribution is 6.24. The summed E-state index contributed by atoms with van der Waals surface area (Å²) in [6.07, 6.45) is -1.06. The molecule has 0 unspecified atom stereocenters. The Balaban J connectivity index is 0.00000245. The van der Waals surface area contributed by atoms with E-state index in [1.165, 1.54) is 36.4 Å². The largest absolute Gasteiger partial charge is 1.00 e. The zero-order valence-electron chi connectivity index (χ0n) is 16.2. The quantitative estimate of drug-likeness (QED) is 0.430. The SMILES string of the molecule is Fc1ccc2c(c1)[NH+]=CC2=C(c1ccc(C(F)(F)F)cc1)c1c[nH]c2cc(F)ccc12.[Cl-]. The highest BCUT2D eigenvalue weighted by Crippen LogP contribution is 2.39. The normalized spacial score (nSPS) is 14.4. The van der Waals surface area contributed by atoms with Crippen molar-refractivity contribution < 1.29 is 39.4 Å². The van der Waals surface area contributed by atoms with Gasteiger partial charge in [0.1, 0.15) is 11.6 Å². The lowest BCUT2D eigenvalue weighted by Crippen LogP contribution is -3.00. The molecule has 0 bridgehead atoms. The van der Waals surface area contributed by atoms with Crippen LogP contribution in [-0.4, -0.2) is 11.2 Å². The molecule has 0 saturated heterocycles. The first kappa shape index (κ1) is 21.8. The van der Waals surface area contributed by atoms with Crippen LogP contribution in [0, 0.1) is 11.6 Å². The minimum atomic E-state index is -4.45. The van der Waals surface area contributed by atoms with Gasteiger partial charge < -0.3 is 17.4 Å². The maximum atomic E-state index is 13.7. The Bertz CT molecular complexity index is 1380. The molecule has 2 nitrogen and oxygen atoms in total. The smallest absolute Gasteiger partial charge is 0.416 e. The van der Waals surface area contributed by atoms with E-state index in [9.17, 15) is 22.0 Å². The predicted molar refractivity (Wildman–Crippen MR) is 109 cm³/mol. The van der Waals surface area contributed by atoms with Gasteiger partial charge in [-0.3, -0.25) is 0 Å². The zero-order chi connectivity index (χ0) is 21.8. The van der Waals surface area contributed by atoms with Gasteiger partial charge in [0.2, 0.25) is 5.69 Å². The summed E-state index contributed by atoms with van der Waals surface area (Å²) in [6, 6.07) is 13.5. The Morgan fingerprint density at radius 1 is 0.844 bits per heavy atom. The van der Waals surface area contributed by atoms with Gasteiger partial charge in [-0.2, -0.15) is 13.2 Å². The number of halogens is 6. The van der Waals surface area contributed by atoms with Crippen LogP contribution in [0.5, 0.6) is 0 Å². The van der Waals surface area contributed by atoms with Crippen LogP contribution < -0.4 is 17.4 Å². The van der Waals surface area contributed by atoms with Crippen molar-refractivity contribution >= 4 is 34.0 Å². The zero-order valence-corrected chi connectivity index (χ0v) is 17.0. The first-order chi connectivity index (χ1) is 14.8. The fourth-order valence-electron chi connectivity index (χ4n) is 3.89. The fraction of sp³-hybridized carbons (Fsp3) is 0.0417. The van der Waals surface area contributed by atoms with Gasteiger partial charge in [-0.25, -0.2) is 13.8 Å². The second-order valence-electron chi connectivity index (χ2n) is 7.23. The van der Waals surface area contributed by atoms with Gasteiger partial charge in [0.25, 0.3) is 0 Å². The third-order valence-electron chi connectivity index (χ3n) is 5.33. The fourth-order valence-corrected chi connectivity index (χ4v) is 3.89. The van der Waals surface area contributed by atoms with Crippen LogP contribution in [0.2, 0.25) is 0 Å². The second kappa shape index (κ2) is 7.91. The third kappa shape index (κ3) is 3.69. The van der Waals surface area contributed by atoms with Crippen molar-refractivity contribution in [2.24, 2.45) is 0 Å². The summed E-state index contributed by atoms with van der Waals surface area (Å²) in [7, 11) is 0. The maximum Gasteiger partial charge on any atom is 0.416 e. The molecule has 5 rings (SSSR count). The molecule has 8 heteroatoms. The van der Waals surface area contributed by atoms with Gasteiger partial charge in [-0.1, -0.05) is 12.1 Å². The molecule has 0 amide bonds. The van der Waals surface area contributed by atoms with Crippen molar-refractivity contribution in [2.45, 2.75) is 6.18 Å². The number of rotatable bonds is 2. The number of alkyl halides is 3. The number of nitrogens with one attached hydrogen (secondary N) is 2. The summed E-state index contributed by atoms with van der Waals surface area (Å²) in [5.74, 6) is -0.806. The highest BCUT2D eigenvalue weighted by Gasteiger charge is 2.31. The molecule has 32 heavy (non-hydrogen) atoms. The highest BCUT2D eigenvalue weighted by atomic mass is 35.5. The van der Waals surface area contributed by atoms with Crippen molar-refractivity contribution in [1.29, 1.82) is 0 Å². The van der Waals surface area contributed by atoms with E-state index >= 15 is 0 Å². The van der Waals surface area contributed by atoms with Crippen LogP contribution in [0.25, 0.3) is 22.0 Å². The molecule has 0 atom stereocenters. The molecule has 1 aromatic heterocycles. The van der Waals surface area contributed by atoms with E-state index in [2.05, 4.69) is 9.98 Å². The number of benzene rings is 3. The van der Waals surface area contributed by atoms with Crippen molar-refractivity contribution in [3.8, 4) is 0 Å². The molecule has 1 aliphatic heterocycles. The standard InChI is InChI=1S/C24H13F5N2.ClH/c25-15-5-7-17-19(11-30-21(17)9-15)23(13-1-3-14(4-2-13)24(27,28)29)20-12-31-22-10-16(26)6-8-18(20)22;/h1-12,30H;1H. The molecule has 2 N–H and O–H groups in total. The average molecular weight is 461 g/mol. The Morgan fingerprint density at radius 3 is 2.25 bits per heavy atom. The number of fused-ring (bicyclic) bond motifs is 2. The van der Waals surface area contributed by atoms with Crippen LogP contribution in [0.15, 0.2) is 66.9 Å². The third-order valence-corrected chi connectivity index (χ3v) is 5.33. The minimum absolute atomic E-state index is 0. The number of allylic oxidation sites excluding steroid dienone is 1. The van der Waals surface area contributed by atoms with E-state index in [1.807, 2.05) is 0 Å². The summed E-state index contributed by atoms with van der Waals surface area (Å²) < 4.78 is 66.6. The number of hydrogen-bond donors (Lipinski definition) is 2. The monoisotopic (exact) mass is 460 g/mol. The maximum absolute atomic E-state index is 13.7. The van der Waals surface area contributed by atoms with Gasteiger partial charge in [-0.05, 0) is 48.0 Å². The van der Waals surface area contributed by atoms with E-state index in [0.717, 1.165) is 12.1 Å². The molecular weight excluding hydrogens is 447 g/mol. The van der Waals surface area contributed by atoms with Crippen LogP contribution in [0.3, 0.4) is 0 Å². The van der Waals surface area contributed by atoms with Gasteiger partial charge in [0.05, 0.1) is 16.7 Å². The number of aromatic amines is 1. The van der Waals surface area contributed by atoms with Crippen molar-refractivity contribution in [3.05, 3.63) is 101 Å². The number of hydrogen-bond acceptors (Lipinski definition) is 0. The Kier molecular flexibility index (Phi) is 5.38. The molecule has 0 fully saturated rings. The Morgan fingerprint density at radius 2 is 1.53 bits per heavy atom. The summed E-state index contributed by atoms with van der Waals surface area (Å²) in [4.78, 5) is 6.05. The predicted octanol–water partition coefficient (Wildman–Crippen LogP) is 2.22. The summed E-state index contributed by atoms with van der Waals surface area (Å²) in [5, 5.41) is 0.716. The molecular formula is C24H14ClF5N2. The van der Waals surface area contributed by atoms with Gasteiger partial charge in [0, 0.05) is 34.3 Å². The van der Waals surface area contributed by atoms with Crippen LogP contribution >= 0.6 is 0 Å². The number of H-pyrrole nitrogens is 1. The van der Waals surface area contributed by atoms with Crippen molar-refractivity contribution in [3.63, 3.8) is 0 Å². The Labute approximate surface area is 185 Å². The molecule has 4 aromatic rings. The van der Waals surface area contributed by atoms with E-state index in [0.29, 0.717) is 44.4 Å². The first-order valence-electron chi connectivity index (χ1n) is 9.40. The van der Waals surface area contributed by atoms with E-state index in [-0.39, 0.29) is 12.4 Å². The number of aromatic nitrogens is 1. The van der Waals surface area contributed by atoms with Crippen LogP contribution in [0.1, 0.15) is 22.3 Å². The van der Waals surface area contributed by atoms with Crippen molar-refractivity contribution in [1.82, 2.24) is 4.98 Å². The molecule has 2 heterocycles. The molecule has 0 saturated carbocycles. The lowest BCUT2D eigenvalue weighted by Gasteiger charge is -2.12. The molecule has 0 aliphatic carbocycles. The van der Waals surface area contributed by atoms with E-state index < -0.39 is 23.4 Å². The topological polar surface area (TPSA) is 29.8 Å². The molecule has 1 aliphatic rings. The second-order valence-corrected chi connectivity index (χ2v) is 7.23. The molecule has 3 aromatic carbocycles. The van der Waals surface area contributed by atoms with E-state index in [1.54, 1.807) is 24.5 Å². The summed E-state index contributed by atoms with van der Waals surface area (Å²) in [5.41, 5.74) is 3.66. The molecule has 162 valence electrons. The summed E-state index contributed by atoms with van der Waals surface area (Å²) in [6.45, 7) is 0. The van der Waals surface area contributed by atoms with Gasteiger partial charge in [-0.15, -0.1) is 0 Å². The molecule has 0 radical (unpaired) electrons. The van der Waals surface area contributed by atoms with Crippen LogP contribution in [0.4, 0.5) is 27.6 Å². The average Bonchev–Trinajstić information content (AvgIpc) is 3.32. The van der Waals surface area contributed by atoms with Crippen molar-refractivity contribution in [2.75, 3.05) is 0 Å². The lowest BCUT2D eigenvalue weighted by molar-refractivity contribution is -0.343. The Hall–Kier alpha value is -3.45. The van der Waals surface area contributed by atoms with Crippen LogP contribution in [-0.2, 0) is 6.18 Å². The lowest BCUT2D eigenvalue weighted by atomic mass is 9.89. The van der Waals surface area contributed by atoms with Gasteiger partial charge >= 0.3 is 6.18 Å². The minimum Gasteiger partial charge on any atom is -1.00 e. The first-order valence-corrected chi connectivity index (χ1v) is 9.40. The van der Waals surface area contributed by atoms with Gasteiger partial charge in [0.15, 0.2) is 6.21 Å².